The number of hydrogen-bond acceptors (Lipinski definition) is 6. The van der Waals surface area contributed by atoms with Crippen LogP contribution in [0, 0.1) is 17.2 Å². The van der Waals surface area contributed by atoms with Crippen LogP contribution in [0.1, 0.15) is 41.2 Å². The molecule has 0 aliphatic carbocycles. The third-order valence-corrected chi connectivity index (χ3v) is 5.59. The van der Waals surface area contributed by atoms with Crippen molar-refractivity contribution < 1.29 is 9.32 Å². The number of nitriles is 1. The Morgan fingerprint density at radius 3 is 2.38 bits per heavy atom. The van der Waals surface area contributed by atoms with Gasteiger partial charge >= 0.3 is 0 Å². The number of carbonyl (C=O) groups excluding carboxylic acids is 1. The predicted octanol–water partition coefficient (Wildman–Crippen LogP) is 3.76. The van der Waals surface area contributed by atoms with Crippen molar-refractivity contribution in [2.24, 2.45) is 5.92 Å². The van der Waals surface area contributed by atoms with Crippen LogP contribution >= 0.6 is 0 Å². The maximum Gasteiger partial charge on any atom is 0.253 e. The van der Waals surface area contributed by atoms with Crippen LogP contribution in [-0.2, 0) is 13.0 Å². The normalized spacial score (nSPS) is 14.5. The molecule has 1 amide bonds. The van der Waals surface area contributed by atoms with E-state index in [0.717, 1.165) is 31.6 Å². The fourth-order valence-corrected chi connectivity index (χ4v) is 3.80. The van der Waals surface area contributed by atoms with Crippen molar-refractivity contribution in [2.45, 2.75) is 26.8 Å². The van der Waals surface area contributed by atoms with E-state index >= 15 is 0 Å². The Balaban J connectivity index is 1.30. The van der Waals surface area contributed by atoms with E-state index in [1.165, 1.54) is 5.56 Å². The molecule has 7 nitrogen and oxygen atoms in total. The van der Waals surface area contributed by atoms with Crippen LogP contribution in [0.4, 0.5) is 0 Å². The van der Waals surface area contributed by atoms with Gasteiger partial charge in [-0.3, -0.25) is 9.69 Å². The first-order valence-corrected chi connectivity index (χ1v) is 11.0. The third kappa shape index (κ3) is 5.21. The molecule has 2 heterocycles. The number of piperazine rings is 1. The summed E-state index contributed by atoms with van der Waals surface area (Å²) in [5.74, 6) is 1.80. The summed E-state index contributed by atoms with van der Waals surface area (Å²) in [4.78, 5) is 21.4. The maximum atomic E-state index is 12.7. The lowest BCUT2D eigenvalue weighted by Gasteiger charge is -2.34. The molecule has 7 heteroatoms. The van der Waals surface area contributed by atoms with Gasteiger partial charge in [-0.2, -0.15) is 10.2 Å². The highest BCUT2D eigenvalue weighted by Crippen LogP contribution is 2.19. The Hall–Kier alpha value is -3.50. The number of hydrogen-bond donors (Lipinski definition) is 0. The molecular weight excluding hydrogens is 402 g/mol. The van der Waals surface area contributed by atoms with E-state index in [-0.39, 0.29) is 5.91 Å². The van der Waals surface area contributed by atoms with E-state index in [9.17, 15) is 4.79 Å². The molecule has 164 valence electrons. The Morgan fingerprint density at radius 1 is 1.06 bits per heavy atom. The zero-order valence-electron chi connectivity index (χ0n) is 18.5. The molecule has 3 aromatic rings. The number of carbonyl (C=O) groups is 1. The van der Waals surface area contributed by atoms with Gasteiger partial charge in [0.2, 0.25) is 11.7 Å². The second-order valence-corrected chi connectivity index (χ2v) is 8.56. The lowest BCUT2D eigenvalue weighted by atomic mass is 10.1. The average Bonchev–Trinajstić information content (AvgIpc) is 3.27. The van der Waals surface area contributed by atoms with Crippen molar-refractivity contribution in [3.8, 4) is 17.5 Å². The minimum Gasteiger partial charge on any atom is -0.339 e. The molecule has 1 aliphatic rings. The van der Waals surface area contributed by atoms with Crippen LogP contribution in [0.3, 0.4) is 0 Å². The highest BCUT2D eigenvalue weighted by molar-refractivity contribution is 5.94. The summed E-state index contributed by atoms with van der Waals surface area (Å²) in [6.07, 6.45) is 0.782. The quantitative estimate of drug-likeness (QED) is 0.593. The van der Waals surface area contributed by atoms with Crippen molar-refractivity contribution >= 4 is 5.91 Å². The molecule has 4 rings (SSSR count). The Labute approximate surface area is 188 Å². The van der Waals surface area contributed by atoms with Gasteiger partial charge in [-0.15, -0.1) is 0 Å². The minimum absolute atomic E-state index is 0.0236. The zero-order valence-corrected chi connectivity index (χ0v) is 18.5. The molecule has 0 atom stereocenters. The van der Waals surface area contributed by atoms with Crippen molar-refractivity contribution in [1.82, 2.24) is 19.9 Å². The number of benzene rings is 2. The summed E-state index contributed by atoms with van der Waals surface area (Å²) < 4.78 is 5.34. The topological polar surface area (TPSA) is 86.3 Å². The first kappa shape index (κ1) is 21.7. The van der Waals surface area contributed by atoms with Crippen molar-refractivity contribution in [1.29, 1.82) is 5.26 Å². The van der Waals surface area contributed by atoms with E-state index in [2.05, 4.69) is 47.1 Å². The summed E-state index contributed by atoms with van der Waals surface area (Å²) in [7, 11) is 0. The van der Waals surface area contributed by atoms with Gasteiger partial charge < -0.3 is 9.42 Å². The van der Waals surface area contributed by atoms with Gasteiger partial charge in [0.25, 0.3) is 5.91 Å². The van der Waals surface area contributed by atoms with Crippen molar-refractivity contribution in [3.63, 3.8) is 0 Å². The molecule has 1 aliphatic heterocycles. The van der Waals surface area contributed by atoms with E-state index in [0.29, 0.717) is 41.8 Å². The highest BCUT2D eigenvalue weighted by Gasteiger charge is 2.22. The summed E-state index contributed by atoms with van der Waals surface area (Å²) in [5, 5.41) is 13.0. The number of aromatic nitrogens is 2. The summed E-state index contributed by atoms with van der Waals surface area (Å²) in [6, 6.07) is 17.2. The molecule has 0 radical (unpaired) electrons. The molecule has 1 saturated heterocycles. The van der Waals surface area contributed by atoms with Crippen LogP contribution in [0.15, 0.2) is 53.1 Å². The first-order valence-electron chi connectivity index (χ1n) is 11.0. The van der Waals surface area contributed by atoms with Gasteiger partial charge in [0, 0.05) is 50.3 Å². The molecule has 0 N–H and O–H groups in total. The Morgan fingerprint density at radius 2 is 1.75 bits per heavy atom. The third-order valence-electron chi connectivity index (χ3n) is 5.59. The second-order valence-electron chi connectivity index (χ2n) is 8.56. The van der Waals surface area contributed by atoms with Crippen LogP contribution < -0.4 is 0 Å². The molecule has 32 heavy (non-hydrogen) atoms. The second kappa shape index (κ2) is 9.75. The number of amides is 1. The molecule has 1 aromatic heterocycles. The van der Waals surface area contributed by atoms with Gasteiger partial charge in [-0.1, -0.05) is 43.3 Å². The van der Waals surface area contributed by atoms with Crippen LogP contribution in [0.25, 0.3) is 11.4 Å². The van der Waals surface area contributed by atoms with Gasteiger partial charge in [-0.05, 0) is 35.7 Å². The smallest absolute Gasteiger partial charge is 0.253 e. The van der Waals surface area contributed by atoms with E-state index < -0.39 is 0 Å². The number of nitrogens with zero attached hydrogens (tertiary/aromatic N) is 5. The van der Waals surface area contributed by atoms with Crippen molar-refractivity contribution in [3.05, 3.63) is 71.1 Å². The monoisotopic (exact) mass is 429 g/mol. The molecular formula is C25H27N5O2. The first-order chi connectivity index (χ1) is 15.5. The molecule has 0 unspecified atom stereocenters. The standard InChI is InChI=1S/C25H27N5O2/c1-18(2)15-23-27-24(28-32-23)21-7-5-20(6-8-21)17-29-11-13-30(14-12-29)25(31)22-9-3-19(16-26)4-10-22/h3-10,18H,11-15,17H2,1-2H3. The summed E-state index contributed by atoms with van der Waals surface area (Å²) >= 11 is 0. The van der Waals surface area contributed by atoms with Gasteiger partial charge in [0.1, 0.15) is 0 Å². The predicted molar refractivity (Wildman–Crippen MR) is 121 cm³/mol. The highest BCUT2D eigenvalue weighted by atomic mass is 16.5. The lowest BCUT2D eigenvalue weighted by molar-refractivity contribution is 0.0628. The van der Waals surface area contributed by atoms with Gasteiger partial charge in [-0.25, -0.2) is 0 Å². The molecule has 2 aromatic carbocycles. The van der Waals surface area contributed by atoms with Crippen molar-refractivity contribution in [2.75, 3.05) is 26.2 Å². The summed E-state index contributed by atoms with van der Waals surface area (Å²) in [5.41, 5.74) is 3.36. The summed E-state index contributed by atoms with van der Waals surface area (Å²) in [6.45, 7) is 8.13. The van der Waals surface area contributed by atoms with Gasteiger partial charge in [0.05, 0.1) is 11.6 Å². The zero-order chi connectivity index (χ0) is 22.5. The lowest BCUT2D eigenvalue weighted by Crippen LogP contribution is -2.48. The van der Waals surface area contributed by atoms with E-state index in [1.54, 1.807) is 24.3 Å². The molecule has 0 saturated carbocycles. The van der Waals surface area contributed by atoms with Gasteiger partial charge in [0.15, 0.2) is 0 Å². The molecule has 1 fully saturated rings. The Kier molecular flexibility index (Phi) is 6.62. The fourth-order valence-electron chi connectivity index (χ4n) is 3.80. The van der Waals surface area contributed by atoms with Crippen LogP contribution in [0.5, 0.6) is 0 Å². The SMILES string of the molecule is CC(C)Cc1nc(-c2ccc(CN3CCN(C(=O)c4ccc(C#N)cc4)CC3)cc2)no1. The van der Waals surface area contributed by atoms with E-state index in [1.807, 2.05) is 17.0 Å². The maximum absolute atomic E-state index is 12.7. The van der Waals surface area contributed by atoms with Crippen LogP contribution in [-0.4, -0.2) is 52.0 Å². The Bertz CT molecular complexity index is 1090. The average molecular weight is 430 g/mol. The largest absolute Gasteiger partial charge is 0.339 e. The molecule has 0 spiro atoms. The molecule has 0 bridgehead atoms. The van der Waals surface area contributed by atoms with E-state index in [4.69, 9.17) is 9.78 Å². The minimum atomic E-state index is 0.0236. The fraction of sp³-hybridized carbons (Fsp3) is 0.360. The number of rotatable bonds is 6. The van der Waals surface area contributed by atoms with Crippen LogP contribution in [0.2, 0.25) is 0 Å².